The molecule has 4 heterocycles. The fourth-order valence-electron chi connectivity index (χ4n) is 3.12. The molecular formula is C20H20N4O3S. The molecule has 3 aromatic rings. The van der Waals surface area contributed by atoms with Crippen LogP contribution in [0.4, 0.5) is 5.00 Å². The molecule has 0 radical (unpaired) electrons. The van der Waals surface area contributed by atoms with Crippen molar-refractivity contribution in [3.63, 3.8) is 0 Å². The van der Waals surface area contributed by atoms with E-state index in [4.69, 9.17) is 4.42 Å². The van der Waals surface area contributed by atoms with Crippen molar-refractivity contribution >= 4 is 28.2 Å². The number of furan rings is 1. The van der Waals surface area contributed by atoms with Gasteiger partial charge in [0.1, 0.15) is 0 Å². The van der Waals surface area contributed by atoms with Crippen molar-refractivity contribution in [3.05, 3.63) is 71.3 Å². The lowest BCUT2D eigenvalue weighted by molar-refractivity contribution is 0.0633. The van der Waals surface area contributed by atoms with Crippen LogP contribution in [0.1, 0.15) is 25.8 Å². The number of hydrogen-bond donors (Lipinski definition) is 1. The number of carbonyl (C=O) groups is 2. The first-order chi connectivity index (χ1) is 13.7. The number of thiophene rings is 1. The van der Waals surface area contributed by atoms with Crippen LogP contribution in [-0.2, 0) is 6.54 Å². The second-order valence-electron chi connectivity index (χ2n) is 6.52. The van der Waals surface area contributed by atoms with Crippen LogP contribution < -0.4 is 5.32 Å². The maximum absolute atomic E-state index is 12.8. The quantitative estimate of drug-likeness (QED) is 0.717. The van der Waals surface area contributed by atoms with Gasteiger partial charge < -0.3 is 14.6 Å². The molecule has 0 bridgehead atoms. The molecule has 1 N–H and O–H groups in total. The number of carbonyl (C=O) groups excluding carboxylic acids is 2. The maximum atomic E-state index is 12.8. The zero-order chi connectivity index (χ0) is 19.3. The smallest absolute Gasteiger partial charge is 0.291 e. The zero-order valence-corrected chi connectivity index (χ0v) is 16.0. The Bertz CT molecular complexity index is 932. The minimum atomic E-state index is -0.324. The van der Waals surface area contributed by atoms with Gasteiger partial charge in [-0.05, 0) is 35.9 Å². The van der Waals surface area contributed by atoms with Gasteiger partial charge in [0.05, 0.1) is 16.1 Å². The van der Waals surface area contributed by atoms with Crippen LogP contribution in [-0.4, -0.2) is 52.8 Å². The van der Waals surface area contributed by atoms with Crippen LogP contribution in [0.5, 0.6) is 0 Å². The molecule has 0 atom stereocenters. The van der Waals surface area contributed by atoms with Gasteiger partial charge in [-0.2, -0.15) is 0 Å². The number of piperazine rings is 1. The molecule has 0 unspecified atom stereocenters. The van der Waals surface area contributed by atoms with Crippen molar-refractivity contribution < 1.29 is 14.0 Å². The van der Waals surface area contributed by atoms with E-state index >= 15 is 0 Å². The Balaban J connectivity index is 1.30. The molecule has 1 aliphatic heterocycles. The Hall–Kier alpha value is -2.97. The Labute approximate surface area is 166 Å². The summed E-state index contributed by atoms with van der Waals surface area (Å²) in [6, 6.07) is 10.8. The molecule has 7 nitrogen and oxygen atoms in total. The molecule has 3 aromatic heterocycles. The first-order valence-corrected chi connectivity index (χ1v) is 9.86. The monoisotopic (exact) mass is 396 g/mol. The Morgan fingerprint density at radius 2 is 1.96 bits per heavy atom. The largest absolute Gasteiger partial charge is 0.459 e. The minimum absolute atomic E-state index is 0.00419. The van der Waals surface area contributed by atoms with Crippen molar-refractivity contribution in [1.82, 2.24) is 14.8 Å². The van der Waals surface area contributed by atoms with Gasteiger partial charge in [0.15, 0.2) is 5.76 Å². The molecule has 1 aliphatic rings. The number of anilines is 1. The molecule has 8 heteroatoms. The average molecular weight is 396 g/mol. The molecule has 28 heavy (non-hydrogen) atoms. The zero-order valence-electron chi connectivity index (χ0n) is 15.2. The van der Waals surface area contributed by atoms with E-state index in [2.05, 4.69) is 21.3 Å². The van der Waals surface area contributed by atoms with Crippen molar-refractivity contribution in [2.45, 2.75) is 6.54 Å². The first kappa shape index (κ1) is 18.4. The van der Waals surface area contributed by atoms with Gasteiger partial charge in [-0.25, -0.2) is 0 Å². The fourth-order valence-corrected chi connectivity index (χ4v) is 3.99. The Morgan fingerprint density at radius 1 is 1.11 bits per heavy atom. The lowest BCUT2D eigenvalue weighted by Crippen LogP contribution is -2.48. The van der Waals surface area contributed by atoms with Gasteiger partial charge >= 0.3 is 0 Å². The standard InChI is InChI=1S/C20H20N4O3S/c25-19(16-4-2-12-27-16)22-18-6-5-17(28-18)20(26)24-10-8-23(9-11-24)14-15-3-1-7-21-13-15/h1-7,12-13H,8-11,14H2,(H,22,25). The highest BCUT2D eigenvalue weighted by Gasteiger charge is 2.23. The number of rotatable bonds is 5. The summed E-state index contributed by atoms with van der Waals surface area (Å²) in [5.41, 5.74) is 1.18. The van der Waals surface area contributed by atoms with E-state index in [1.165, 1.54) is 23.2 Å². The molecular weight excluding hydrogens is 376 g/mol. The predicted molar refractivity (Wildman–Crippen MR) is 106 cm³/mol. The maximum Gasteiger partial charge on any atom is 0.291 e. The molecule has 1 fully saturated rings. The Kier molecular flexibility index (Phi) is 5.50. The van der Waals surface area contributed by atoms with Crippen LogP contribution in [0, 0.1) is 0 Å². The summed E-state index contributed by atoms with van der Waals surface area (Å²) in [7, 11) is 0. The first-order valence-electron chi connectivity index (χ1n) is 9.04. The van der Waals surface area contributed by atoms with E-state index < -0.39 is 0 Å². The van der Waals surface area contributed by atoms with Crippen molar-refractivity contribution in [1.29, 1.82) is 0 Å². The second-order valence-corrected chi connectivity index (χ2v) is 7.61. The molecule has 2 amide bonds. The molecule has 0 spiro atoms. The lowest BCUT2D eigenvalue weighted by Gasteiger charge is -2.34. The number of hydrogen-bond acceptors (Lipinski definition) is 6. The highest BCUT2D eigenvalue weighted by Crippen LogP contribution is 2.24. The van der Waals surface area contributed by atoms with E-state index in [0.717, 1.165) is 19.6 Å². The van der Waals surface area contributed by atoms with E-state index in [-0.39, 0.29) is 17.6 Å². The molecule has 1 saturated heterocycles. The second kappa shape index (κ2) is 8.37. The normalized spacial score (nSPS) is 14.8. The minimum Gasteiger partial charge on any atom is -0.459 e. The van der Waals surface area contributed by atoms with Crippen molar-refractivity contribution in [2.75, 3.05) is 31.5 Å². The highest BCUT2D eigenvalue weighted by atomic mass is 32.1. The predicted octanol–water partition coefficient (Wildman–Crippen LogP) is 2.95. The number of pyridine rings is 1. The van der Waals surface area contributed by atoms with E-state index in [9.17, 15) is 9.59 Å². The molecule has 0 saturated carbocycles. The Morgan fingerprint density at radius 3 is 2.68 bits per heavy atom. The molecule has 4 rings (SSSR count). The van der Waals surface area contributed by atoms with E-state index in [1.54, 1.807) is 30.5 Å². The summed E-state index contributed by atoms with van der Waals surface area (Å²) in [5, 5.41) is 3.38. The number of nitrogens with one attached hydrogen (secondary N) is 1. The van der Waals surface area contributed by atoms with Crippen LogP contribution in [0.15, 0.2) is 59.5 Å². The van der Waals surface area contributed by atoms with Crippen molar-refractivity contribution in [2.24, 2.45) is 0 Å². The molecule has 144 valence electrons. The van der Waals surface area contributed by atoms with E-state index in [0.29, 0.717) is 23.0 Å². The summed E-state index contributed by atoms with van der Waals surface area (Å²) in [6.07, 6.45) is 5.10. The third-order valence-electron chi connectivity index (χ3n) is 4.59. The van der Waals surface area contributed by atoms with Crippen LogP contribution in [0.25, 0.3) is 0 Å². The van der Waals surface area contributed by atoms with E-state index in [1.807, 2.05) is 17.2 Å². The van der Waals surface area contributed by atoms with Crippen LogP contribution >= 0.6 is 11.3 Å². The van der Waals surface area contributed by atoms with Gasteiger partial charge in [0.2, 0.25) is 0 Å². The van der Waals surface area contributed by atoms with Gasteiger partial charge in [0, 0.05) is 45.1 Å². The average Bonchev–Trinajstić information content (AvgIpc) is 3.41. The summed E-state index contributed by atoms with van der Waals surface area (Å²) in [5.74, 6) is -0.0783. The number of amides is 2. The van der Waals surface area contributed by atoms with Gasteiger partial charge in [-0.15, -0.1) is 11.3 Å². The lowest BCUT2D eigenvalue weighted by atomic mass is 10.2. The molecule has 0 aliphatic carbocycles. The highest BCUT2D eigenvalue weighted by molar-refractivity contribution is 7.18. The van der Waals surface area contributed by atoms with Crippen molar-refractivity contribution in [3.8, 4) is 0 Å². The summed E-state index contributed by atoms with van der Waals surface area (Å²) < 4.78 is 5.08. The summed E-state index contributed by atoms with van der Waals surface area (Å²) in [6.45, 7) is 3.87. The van der Waals surface area contributed by atoms with Gasteiger partial charge in [-0.1, -0.05) is 6.07 Å². The van der Waals surface area contributed by atoms with Crippen LogP contribution in [0.2, 0.25) is 0 Å². The van der Waals surface area contributed by atoms with Crippen LogP contribution in [0.3, 0.4) is 0 Å². The number of aromatic nitrogens is 1. The number of nitrogens with zero attached hydrogens (tertiary/aromatic N) is 3. The van der Waals surface area contributed by atoms with Gasteiger partial charge in [0.25, 0.3) is 11.8 Å². The third kappa shape index (κ3) is 4.29. The fraction of sp³-hybridized carbons (Fsp3) is 0.250. The summed E-state index contributed by atoms with van der Waals surface area (Å²) in [4.78, 5) is 33.8. The SMILES string of the molecule is O=C(Nc1ccc(C(=O)N2CCN(Cc3cccnc3)CC2)s1)c1ccco1. The van der Waals surface area contributed by atoms with Gasteiger partial charge in [-0.3, -0.25) is 19.5 Å². The summed E-state index contributed by atoms with van der Waals surface area (Å²) >= 11 is 1.28. The molecule has 0 aromatic carbocycles. The topological polar surface area (TPSA) is 78.7 Å². The third-order valence-corrected chi connectivity index (χ3v) is 5.58.